The number of hydrogen-bond acceptors (Lipinski definition) is 6. The molecule has 0 amide bonds. The van der Waals surface area contributed by atoms with Gasteiger partial charge in [-0.25, -0.2) is 0 Å². The van der Waals surface area contributed by atoms with E-state index in [4.69, 9.17) is 0 Å². The molecule has 0 aromatic heterocycles. The van der Waals surface area contributed by atoms with Crippen molar-refractivity contribution in [2.24, 2.45) is 0 Å². The minimum absolute atomic E-state index is 0. The maximum Gasteiger partial charge on any atom is 0.306 e. The molecule has 1 unspecified atom stereocenters. The van der Waals surface area contributed by atoms with Crippen molar-refractivity contribution < 1.29 is 136 Å². The van der Waals surface area contributed by atoms with Crippen LogP contribution in [0.15, 0.2) is 30.3 Å². The van der Waals surface area contributed by atoms with Crippen LogP contribution in [0, 0.1) is 41.3 Å². The van der Waals surface area contributed by atoms with Gasteiger partial charge in [0.1, 0.15) is 0 Å². The Hall–Kier alpha value is 3.09. The van der Waals surface area contributed by atoms with E-state index in [1.54, 1.807) is 4.90 Å². The Bertz CT molecular complexity index is 685. The Labute approximate surface area is 356 Å². The van der Waals surface area contributed by atoms with E-state index in [0.717, 1.165) is 13.1 Å². The summed E-state index contributed by atoms with van der Waals surface area (Å²) in [6.07, 6.45) is 0.337. The zero-order valence-corrected chi connectivity index (χ0v) is 48.2. The molecule has 1 aromatic rings. The smallest absolute Gasteiger partial charge is 0.306 e. The number of carbonyl (C=O) groups is 1. The monoisotopic (exact) mass is 1650 g/mol. The first kappa shape index (κ1) is 68.1. The van der Waals surface area contributed by atoms with E-state index >= 15 is 0 Å². The summed E-state index contributed by atoms with van der Waals surface area (Å²) < 4.78 is 9.26. The molecule has 0 radical (unpaired) electrons. The molecule has 256 valence electrons. The van der Waals surface area contributed by atoms with Gasteiger partial charge in [-0.3, -0.25) is 17.9 Å². The fourth-order valence-corrected chi connectivity index (χ4v) is 4.54. The van der Waals surface area contributed by atoms with Crippen LogP contribution in [0.3, 0.4) is 0 Å². The van der Waals surface area contributed by atoms with Crippen molar-refractivity contribution in [1.82, 2.24) is 18.9 Å². The summed E-state index contributed by atoms with van der Waals surface area (Å²) in [7, 11) is 15.4. The van der Waals surface area contributed by atoms with Crippen LogP contribution in [-0.4, -0.2) is 68.1 Å². The van der Waals surface area contributed by atoms with Gasteiger partial charge in [0.05, 0.1) is 30.0 Å². The molecule has 0 saturated heterocycles. The van der Waals surface area contributed by atoms with E-state index in [-0.39, 0.29) is 138 Å². The predicted molar refractivity (Wildman–Crippen MR) is 168 cm³/mol. The number of methoxy groups -OCH3 is 1. The molecule has 0 saturated carbocycles. The Morgan fingerprint density at radius 2 is 1.23 bits per heavy atom. The molecule has 1 rings (SSSR count). The third-order valence-electron chi connectivity index (χ3n) is 5.57. The Balaban J connectivity index is -0.0000000515. The summed E-state index contributed by atoms with van der Waals surface area (Å²) in [5.41, 5.74) is 1.40. The topological polar surface area (TPSA) is 39.3 Å². The van der Waals surface area contributed by atoms with Gasteiger partial charge in [-0.2, -0.15) is 13.8 Å². The van der Waals surface area contributed by atoms with Crippen LogP contribution in [0.25, 0.3) is 0 Å². The normalized spacial score (nSPS) is 10.5. The van der Waals surface area contributed by atoms with E-state index < -0.39 is 16.5 Å². The molecule has 0 fully saturated rings. The molecule has 0 aliphatic heterocycles. The fraction of sp³-hybridized carbons (Fsp3) is 0.552. The molecule has 0 N–H and O–H groups in total. The summed E-state index contributed by atoms with van der Waals surface area (Å²) in [5, 5.41) is 0. The van der Waals surface area contributed by atoms with E-state index in [9.17, 15) is 4.79 Å². The van der Waals surface area contributed by atoms with E-state index in [1.165, 1.54) is 17.6 Å². The molecular formula is C29H58N4O2Si2W6-6. The summed E-state index contributed by atoms with van der Waals surface area (Å²) in [4.78, 5) is 13.7. The second-order valence-corrected chi connectivity index (χ2v) is 20.8. The summed E-state index contributed by atoms with van der Waals surface area (Å²) in [6, 6.07) is 10.7. The van der Waals surface area contributed by atoms with Crippen molar-refractivity contribution in [2.45, 2.75) is 86.0 Å². The van der Waals surface area contributed by atoms with Crippen LogP contribution in [0.1, 0.15) is 39.7 Å². The van der Waals surface area contributed by atoms with Gasteiger partial charge < -0.3 is 51.9 Å². The maximum absolute atomic E-state index is 10.6. The van der Waals surface area contributed by atoms with Crippen LogP contribution >= 0.6 is 0 Å². The van der Waals surface area contributed by atoms with Gasteiger partial charge in [-0.15, -0.1) is 0 Å². The van der Waals surface area contributed by atoms with Crippen LogP contribution in [0.5, 0.6) is 0 Å². The van der Waals surface area contributed by atoms with E-state index in [1.807, 2.05) is 13.8 Å². The molecule has 0 aliphatic carbocycles. The molecular weight excluding hydrogens is 1600 g/mol. The number of ether oxygens (including phenoxy) is 1. The van der Waals surface area contributed by atoms with Crippen LogP contribution in [-0.2, 0) is 142 Å². The predicted octanol–water partition coefficient (Wildman–Crippen LogP) is 7.14. The molecule has 0 spiro atoms. The number of benzene rings is 1. The summed E-state index contributed by atoms with van der Waals surface area (Å²) in [5.74, 6) is -0.232. The van der Waals surface area contributed by atoms with Gasteiger partial charge in [0.2, 0.25) is 0 Å². The van der Waals surface area contributed by atoms with Gasteiger partial charge in [-0.05, 0) is 25.2 Å². The van der Waals surface area contributed by atoms with Gasteiger partial charge in [-0.1, -0.05) is 90.0 Å². The molecule has 1 aromatic carbocycles. The van der Waals surface area contributed by atoms with Crippen molar-refractivity contribution in [3.8, 4) is 0 Å². The first-order chi connectivity index (χ1) is 16.9. The number of carbonyl (C=O) groups excluding carboxylic acids is 1. The van der Waals surface area contributed by atoms with Crippen molar-refractivity contribution in [3.63, 3.8) is 0 Å². The number of esters is 1. The Kier molecular flexibility index (Phi) is 62.6. The average Bonchev–Trinajstić information content (AvgIpc) is 2.82. The van der Waals surface area contributed by atoms with Crippen LogP contribution in [0.2, 0.25) is 39.3 Å². The standard InChI is InChI=1S/C12H20NSi.C7H13NO2.C6H16NSi.C4H9N.6W/c1-5-13(14(2,3)4)11-12-9-7-6-8-10-12;1-6(8(2)3)5-7(9)10-4;1-6-7(2)8(3,4)5;1-4-5(2)3;;;;;;/h5-10H,11H2,1-4H3;6H,2-3,5H2,1,4H3;6H,1-5H3;2-4H2,1H3;;;;;;/q-1;-2;-1;-2;;;;;;. The average molecular weight is 1650 g/mol. The molecule has 0 aliphatic rings. The fourth-order valence-electron chi connectivity index (χ4n) is 2.34. The SMILES string of the molecule is C[CH-]N(C)[Si](C)(C)C.C[CH-]N(Cc1ccccc1)[Si](C)(C)C.[CH2-]N([CH2-])C(C)CC(=O)OC.[CH2-]N([CH2-])CC.[W].[W].[W].[W].[W].[W]. The number of rotatable bonds is 10. The number of nitrogens with zero attached hydrogens (tertiary/aromatic N) is 4. The zero-order chi connectivity index (χ0) is 29.8. The van der Waals surface area contributed by atoms with Crippen LogP contribution < -0.4 is 0 Å². The quantitative estimate of drug-likeness (QED) is 0.141. The molecule has 14 heteroatoms. The number of hydrogen-bond donors (Lipinski definition) is 0. The Morgan fingerprint density at radius 3 is 1.44 bits per heavy atom. The van der Waals surface area contributed by atoms with Gasteiger partial charge >= 0.3 is 5.97 Å². The molecule has 43 heavy (non-hydrogen) atoms. The van der Waals surface area contributed by atoms with Crippen molar-refractivity contribution >= 4 is 22.4 Å². The summed E-state index contributed by atoms with van der Waals surface area (Å²) in [6.45, 7) is 28.5. The van der Waals surface area contributed by atoms with Crippen molar-refractivity contribution in [2.75, 3.05) is 20.7 Å². The molecule has 1 atom stereocenters. The largest absolute Gasteiger partial charge is 0.611 e. The van der Waals surface area contributed by atoms with Gasteiger partial charge in [0.15, 0.2) is 0 Å². The van der Waals surface area contributed by atoms with E-state index in [0.29, 0.717) is 6.42 Å². The minimum Gasteiger partial charge on any atom is -0.611 e. The second kappa shape index (κ2) is 39.5. The van der Waals surface area contributed by atoms with Gasteiger partial charge in [0.25, 0.3) is 0 Å². The van der Waals surface area contributed by atoms with E-state index in [2.05, 4.69) is 146 Å². The first-order valence-electron chi connectivity index (χ1n) is 12.8. The van der Waals surface area contributed by atoms with Crippen LogP contribution in [0.4, 0.5) is 0 Å². The Morgan fingerprint density at radius 1 is 0.837 bits per heavy atom. The molecule has 0 heterocycles. The third kappa shape index (κ3) is 45.1. The van der Waals surface area contributed by atoms with Gasteiger partial charge in [0, 0.05) is 126 Å². The molecule has 0 bridgehead atoms. The maximum atomic E-state index is 10.6. The second-order valence-electron chi connectivity index (χ2n) is 10.8. The molecule has 6 nitrogen and oxygen atoms in total. The minimum atomic E-state index is -1.19. The third-order valence-corrected chi connectivity index (χ3v) is 10.1. The first-order valence-corrected chi connectivity index (χ1v) is 19.7. The zero-order valence-electron chi connectivity index (χ0n) is 28.6. The summed E-state index contributed by atoms with van der Waals surface area (Å²) >= 11 is 0. The van der Waals surface area contributed by atoms with Crippen molar-refractivity contribution in [3.05, 3.63) is 77.2 Å². The van der Waals surface area contributed by atoms with Crippen molar-refractivity contribution in [1.29, 1.82) is 0 Å².